The Morgan fingerprint density at radius 1 is 1.07 bits per heavy atom. The highest BCUT2D eigenvalue weighted by Crippen LogP contribution is 2.12. The zero-order valence-electron chi connectivity index (χ0n) is 16.4. The summed E-state index contributed by atoms with van der Waals surface area (Å²) in [5.41, 5.74) is 0.104. The van der Waals surface area contributed by atoms with E-state index in [-0.39, 0.29) is 22.4 Å². The molecule has 0 unspecified atom stereocenters. The number of rotatable bonds is 10. The van der Waals surface area contributed by atoms with Crippen LogP contribution in [0.2, 0.25) is 0 Å². The molecule has 0 saturated heterocycles. The van der Waals surface area contributed by atoms with Gasteiger partial charge in [-0.25, -0.2) is 17.9 Å². The maximum absolute atomic E-state index is 12.2. The second kappa shape index (κ2) is 10.8. The van der Waals surface area contributed by atoms with Gasteiger partial charge in [0.05, 0.1) is 10.5 Å². The van der Waals surface area contributed by atoms with Crippen molar-refractivity contribution in [2.75, 3.05) is 13.2 Å². The van der Waals surface area contributed by atoms with Crippen LogP contribution in [-0.2, 0) is 24.3 Å². The number of likely N-dealkylation sites (N-methyl/N-ethyl adjacent to an activating group) is 1. The van der Waals surface area contributed by atoms with Crippen LogP contribution in [0.15, 0.2) is 29.2 Å². The van der Waals surface area contributed by atoms with E-state index in [4.69, 9.17) is 4.74 Å². The highest BCUT2D eigenvalue weighted by Gasteiger charge is 2.19. The van der Waals surface area contributed by atoms with Crippen LogP contribution in [0.3, 0.4) is 0 Å². The van der Waals surface area contributed by atoms with Gasteiger partial charge in [-0.2, -0.15) is 0 Å². The summed E-state index contributed by atoms with van der Waals surface area (Å²) in [6, 6.07) is 4.23. The first-order valence-electron chi connectivity index (χ1n) is 8.97. The molecule has 0 spiro atoms. The van der Waals surface area contributed by atoms with Crippen molar-refractivity contribution >= 4 is 27.8 Å². The van der Waals surface area contributed by atoms with Gasteiger partial charge in [0.2, 0.25) is 15.9 Å². The Morgan fingerprint density at radius 3 is 2.21 bits per heavy atom. The van der Waals surface area contributed by atoms with Gasteiger partial charge in [0.15, 0.2) is 6.61 Å². The molecule has 0 aromatic heterocycles. The number of hydrogen-bond acceptors (Lipinski definition) is 6. The van der Waals surface area contributed by atoms with Crippen LogP contribution in [-0.4, -0.2) is 51.4 Å². The molecule has 0 aliphatic carbocycles. The molecule has 0 fully saturated rings. The van der Waals surface area contributed by atoms with Gasteiger partial charge >= 0.3 is 5.97 Å². The van der Waals surface area contributed by atoms with E-state index in [9.17, 15) is 22.8 Å². The van der Waals surface area contributed by atoms with Crippen LogP contribution in [0, 0.1) is 0 Å². The first kappa shape index (κ1) is 23.6. The molecule has 9 nitrogen and oxygen atoms in total. The number of carbonyl (C=O) groups excluding carboxylic acids is 3. The molecule has 0 aliphatic heterocycles. The van der Waals surface area contributed by atoms with Crippen molar-refractivity contribution < 1.29 is 27.5 Å². The van der Waals surface area contributed by atoms with Crippen LogP contribution in [0.4, 0.5) is 0 Å². The lowest BCUT2D eigenvalue weighted by Crippen LogP contribution is -2.46. The monoisotopic (exact) mass is 413 g/mol. The average molecular weight is 413 g/mol. The first-order valence-corrected chi connectivity index (χ1v) is 10.5. The summed E-state index contributed by atoms with van der Waals surface area (Å²) in [4.78, 5) is 35.3. The van der Waals surface area contributed by atoms with Gasteiger partial charge in [-0.05, 0) is 51.5 Å². The maximum atomic E-state index is 12.2. The molecule has 0 bridgehead atoms. The predicted octanol–water partition coefficient (Wildman–Crippen LogP) is 0.561. The second-order valence-electron chi connectivity index (χ2n) is 6.21. The van der Waals surface area contributed by atoms with E-state index in [0.29, 0.717) is 13.0 Å². The molecule has 2 amide bonds. The lowest BCUT2D eigenvalue weighted by Gasteiger charge is -2.13. The minimum atomic E-state index is -3.67. The van der Waals surface area contributed by atoms with E-state index in [2.05, 4.69) is 15.4 Å². The van der Waals surface area contributed by atoms with Crippen LogP contribution in [0.25, 0.3) is 0 Å². The molecule has 0 saturated carbocycles. The van der Waals surface area contributed by atoms with Gasteiger partial charge in [0.25, 0.3) is 5.91 Å². The molecule has 0 heterocycles. The molecule has 2 atom stereocenters. The van der Waals surface area contributed by atoms with Crippen molar-refractivity contribution in [2.45, 2.75) is 51.1 Å². The number of sulfonamides is 1. The van der Waals surface area contributed by atoms with Crippen LogP contribution >= 0.6 is 0 Å². The smallest absolute Gasteiger partial charge is 0.338 e. The van der Waals surface area contributed by atoms with Crippen LogP contribution < -0.4 is 15.4 Å². The van der Waals surface area contributed by atoms with Crippen molar-refractivity contribution in [1.29, 1.82) is 0 Å². The summed E-state index contributed by atoms with van der Waals surface area (Å²) < 4.78 is 31.8. The van der Waals surface area contributed by atoms with Gasteiger partial charge < -0.3 is 15.4 Å². The molecule has 0 aliphatic rings. The maximum Gasteiger partial charge on any atom is 0.338 e. The minimum Gasteiger partial charge on any atom is -0.452 e. The topological polar surface area (TPSA) is 131 Å². The molecule has 10 heteroatoms. The van der Waals surface area contributed by atoms with Crippen molar-refractivity contribution in [3.63, 3.8) is 0 Å². The number of carbonyl (C=O) groups is 3. The van der Waals surface area contributed by atoms with E-state index in [0.717, 1.165) is 0 Å². The summed E-state index contributed by atoms with van der Waals surface area (Å²) in [6.07, 6.45) is 0.643. The number of esters is 1. The third-order valence-electron chi connectivity index (χ3n) is 3.83. The molecule has 1 aromatic carbocycles. The normalized spacial score (nSPS) is 13.3. The number of ether oxygens (including phenoxy) is 1. The van der Waals surface area contributed by atoms with E-state index in [1.807, 2.05) is 6.92 Å². The van der Waals surface area contributed by atoms with Crippen molar-refractivity contribution in [2.24, 2.45) is 0 Å². The number of amides is 2. The van der Waals surface area contributed by atoms with Gasteiger partial charge in [0.1, 0.15) is 6.04 Å². The zero-order valence-corrected chi connectivity index (χ0v) is 17.3. The summed E-state index contributed by atoms with van der Waals surface area (Å²) in [7, 11) is -3.67. The van der Waals surface area contributed by atoms with Crippen molar-refractivity contribution in [3.8, 4) is 0 Å². The molecular formula is C18H27N3O6S. The van der Waals surface area contributed by atoms with Gasteiger partial charge in [-0.3, -0.25) is 9.59 Å². The quantitative estimate of drug-likeness (QED) is 0.481. The third kappa shape index (κ3) is 7.28. The SMILES string of the molecule is CCNC(=O)[C@@H](C)NC(=O)COC(=O)c1ccc(S(=O)(=O)N[C@@H](C)CC)cc1. The van der Waals surface area contributed by atoms with E-state index in [1.54, 1.807) is 13.8 Å². The van der Waals surface area contributed by atoms with Crippen LogP contribution in [0.5, 0.6) is 0 Å². The third-order valence-corrected chi connectivity index (χ3v) is 5.43. The minimum absolute atomic E-state index is 0.0258. The largest absolute Gasteiger partial charge is 0.452 e. The summed E-state index contributed by atoms with van der Waals surface area (Å²) in [5, 5.41) is 4.97. The summed E-state index contributed by atoms with van der Waals surface area (Å²) in [5.74, 6) is -1.74. The Kier molecular flexibility index (Phi) is 9.07. The Hall–Kier alpha value is -2.46. The van der Waals surface area contributed by atoms with Crippen molar-refractivity contribution in [3.05, 3.63) is 29.8 Å². The highest BCUT2D eigenvalue weighted by molar-refractivity contribution is 7.89. The van der Waals surface area contributed by atoms with Crippen molar-refractivity contribution in [1.82, 2.24) is 15.4 Å². The van der Waals surface area contributed by atoms with Crippen LogP contribution in [0.1, 0.15) is 44.5 Å². The highest BCUT2D eigenvalue weighted by atomic mass is 32.2. The lowest BCUT2D eigenvalue weighted by atomic mass is 10.2. The van der Waals surface area contributed by atoms with Gasteiger partial charge in [-0.15, -0.1) is 0 Å². The molecule has 1 aromatic rings. The molecule has 0 radical (unpaired) electrons. The Labute approximate surface area is 165 Å². The molecular weight excluding hydrogens is 386 g/mol. The Balaban J connectivity index is 2.62. The standard InChI is InChI=1S/C18H27N3O6S/c1-5-12(3)21-28(25,26)15-9-7-14(8-10-15)18(24)27-11-16(22)20-13(4)17(23)19-6-2/h7-10,12-13,21H,5-6,11H2,1-4H3,(H,19,23)(H,20,22)/t12-,13+/m0/s1. The number of benzene rings is 1. The van der Waals surface area contributed by atoms with Gasteiger partial charge in [-0.1, -0.05) is 6.92 Å². The van der Waals surface area contributed by atoms with E-state index in [1.165, 1.54) is 31.2 Å². The second-order valence-corrected chi connectivity index (χ2v) is 7.93. The fourth-order valence-electron chi connectivity index (χ4n) is 2.08. The zero-order chi connectivity index (χ0) is 21.3. The summed E-state index contributed by atoms with van der Waals surface area (Å²) in [6.45, 7) is 6.76. The van der Waals surface area contributed by atoms with E-state index >= 15 is 0 Å². The first-order chi connectivity index (χ1) is 13.1. The fraction of sp³-hybridized carbons (Fsp3) is 0.500. The Bertz CT molecular complexity index is 792. The summed E-state index contributed by atoms with van der Waals surface area (Å²) >= 11 is 0. The Morgan fingerprint density at radius 2 is 1.68 bits per heavy atom. The number of hydrogen-bond donors (Lipinski definition) is 3. The molecule has 28 heavy (non-hydrogen) atoms. The van der Waals surface area contributed by atoms with Gasteiger partial charge in [0, 0.05) is 12.6 Å². The predicted molar refractivity (Wildman–Crippen MR) is 103 cm³/mol. The van der Waals surface area contributed by atoms with E-state index < -0.39 is 34.5 Å². The number of nitrogens with one attached hydrogen (secondary N) is 3. The lowest BCUT2D eigenvalue weighted by molar-refractivity contribution is -0.130. The fourth-order valence-corrected chi connectivity index (χ4v) is 3.40. The molecule has 1 rings (SSSR count). The molecule has 3 N–H and O–H groups in total. The average Bonchev–Trinajstić information content (AvgIpc) is 2.65. The molecule has 156 valence electrons.